The van der Waals surface area contributed by atoms with Gasteiger partial charge in [-0.1, -0.05) is 154 Å². The molecule has 0 N–H and O–H groups in total. The zero-order valence-electron chi connectivity index (χ0n) is 34.1. The highest BCUT2D eigenvalue weighted by molar-refractivity contribution is 6.24. The van der Waals surface area contributed by atoms with Gasteiger partial charge in [0.05, 0.1) is 28.7 Å². The maximum Gasteiger partial charge on any atom is 0.154 e. The van der Waals surface area contributed by atoms with Crippen molar-refractivity contribution in [2.45, 2.75) is 45.6 Å². The number of amidine groups is 1. The topological polar surface area (TPSA) is 42.8 Å². The number of hydrogen-bond acceptors (Lipinski definition) is 3. The van der Waals surface area contributed by atoms with E-state index in [0.29, 0.717) is 5.92 Å². The number of benzene rings is 7. The Hall–Kier alpha value is -6.78. The van der Waals surface area contributed by atoms with Crippen molar-refractivity contribution in [1.29, 1.82) is 0 Å². The highest BCUT2D eigenvalue weighted by Gasteiger charge is 2.43. The predicted octanol–water partition coefficient (Wildman–Crippen LogP) is 14.8. The van der Waals surface area contributed by atoms with Gasteiger partial charge >= 0.3 is 0 Å². The standard InChI is InChI=1S/C56H45N3O/c1-4-42-53(41-26-25-35-13-5-6-15-38(35)30-41)57-56(37-23-21-33(2)22-24-37)58-54(42)50-34(3)29-48(52-44-19-11-12-20-49(44)60-55(50)52)59-46-28-27-36-14-9-10-18-43(36)51(46)45-31-39-16-7-8-17-40(39)32-47(45)59/h5-21,23-34,42,50,53H,4,22H2,1-3H3/t33?,34?,42?,50?,53-/m1/s1. The van der Waals surface area contributed by atoms with Gasteiger partial charge in [0.2, 0.25) is 0 Å². The Morgan fingerprint density at radius 1 is 0.683 bits per heavy atom. The molecule has 12 rings (SSSR count). The molecule has 9 aromatic rings. The number of aliphatic imine (C=N–C) groups is 2. The van der Waals surface area contributed by atoms with Crippen LogP contribution in [0.3, 0.4) is 0 Å². The number of fused-ring (bicyclic) bond motifs is 10. The van der Waals surface area contributed by atoms with Gasteiger partial charge < -0.3 is 8.98 Å². The minimum Gasteiger partial charge on any atom is -0.460 e. The van der Waals surface area contributed by atoms with Crippen LogP contribution >= 0.6 is 0 Å². The van der Waals surface area contributed by atoms with Crippen LogP contribution in [0.4, 0.5) is 0 Å². The number of para-hydroxylation sites is 1. The first-order valence-electron chi connectivity index (χ1n) is 21.6. The van der Waals surface area contributed by atoms with E-state index in [-0.39, 0.29) is 23.8 Å². The van der Waals surface area contributed by atoms with Crippen molar-refractivity contribution in [3.63, 3.8) is 0 Å². The second-order valence-corrected chi connectivity index (χ2v) is 17.2. The van der Waals surface area contributed by atoms with Crippen LogP contribution in [0.15, 0.2) is 184 Å². The van der Waals surface area contributed by atoms with Crippen LogP contribution in [-0.2, 0) is 0 Å². The van der Waals surface area contributed by atoms with E-state index in [1.165, 1.54) is 65.4 Å². The van der Waals surface area contributed by atoms with Gasteiger partial charge in [0.1, 0.15) is 11.3 Å². The van der Waals surface area contributed by atoms with Crippen molar-refractivity contribution < 1.29 is 4.42 Å². The summed E-state index contributed by atoms with van der Waals surface area (Å²) in [7, 11) is 0. The fourth-order valence-corrected chi connectivity index (χ4v) is 10.6. The maximum atomic E-state index is 7.20. The molecule has 0 spiro atoms. The van der Waals surface area contributed by atoms with Crippen LogP contribution in [0.1, 0.15) is 62.5 Å². The second kappa shape index (κ2) is 13.6. The Labute approximate surface area is 349 Å². The molecule has 4 heteroatoms. The van der Waals surface area contributed by atoms with E-state index in [0.717, 1.165) is 52.3 Å². The summed E-state index contributed by atoms with van der Waals surface area (Å²) >= 11 is 0. The van der Waals surface area contributed by atoms with Crippen molar-refractivity contribution in [3.8, 4) is 0 Å². The van der Waals surface area contributed by atoms with Gasteiger partial charge in [-0.25, -0.2) is 4.99 Å². The third kappa shape index (κ3) is 5.36. The minimum atomic E-state index is -0.0867. The number of nitrogens with zero attached hydrogens (tertiary/aromatic N) is 3. The number of furan rings is 1. The minimum absolute atomic E-state index is 0.0711. The fraction of sp³-hybridized carbons (Fsp3) is 0.179. The first-order valence-corrected chi connectivity index (χ1v) is 21.6. The smallest absolute Gasteiger partial charge is 0.154 e. The molecule has 5 atom stereocenters. The third-order valence-electron chi connectivity index (χ3n) is 13.6. The Kier molecular flexibility index (Phi) is 8.00. The lowest BCUT2D eigenvalue weighted by Crippen LogP contribution is -2.35. The van der Waals surface area contributed by atoms with Gasteiger partial charge in [0, 0.05) is 38.9 Å². The van der Waals surface area contributed by atoms with Gasteiger partial charge in [-0.2, -0.15) is 0 Å². The molecule has 7 aromatic carbocycles. The van der Waals surface area contributed by atoms with E-state index in [1.54, 1.807) is 0 Å². The van der Waals surface area contributed by atoms with Gasteiger partial charge in [-0.05, 0) is 92.9 Å². The van der Waals surface area contributed by atoms with E-state index in [4.69, 9.17) is 14.4 Å². The summed E-state index contributed by atoms with van der Waals surface area (Å²) in [4.78, 5) is 11.2. The Bertz CT molecular complexity index is 3400. The number of hydrogen-bond donors (Lipinski definition) is 0. The Balaban J connectivity index is 1.10. The highest BCUT2D eigenvalue weighted by atomic mass is 16.3. The fourth-order valence-electron chi connectivity index (χ4n) is 10.6. The van der Waals surface area contributed by atoms with Crippen molar-refractivity contribution in [1.82, 2.24) is 4.57 Å². The first kappa shape index (κ1) is 35.2. The molecule has 290 valence electrons. The number of aromatic nitrogens is 1. The lowest BCUT2D eigenvalue weighted by Gasteiger charge is -2.37. The SMILES string of the molecule is CCC1C(C2c3oc4ccccc4c3C(n3c4cc5ccccc5cc4c4c5ccccc5ccc43)=CC2C)=NC(C2=CCC(C)C=C2)=N[C@@H]1c1ccc2ccccc2c1. The number of allylic oxidation sites excluding steroid dienone is 3. The monoisotopic (exact) mass is 775 g/mol. The molecular formula is C56H45N3O. The summed E-state index contributed by atoms with van der Waals surface area (Å²) in [5, 5.41) is 11.1. The molecule has 0 radical (unpaired) electrons. The van der Waals surface area contributed by atoms with Gasteiger partial charge in [0.15, 0.2) is 5.84 Å². The summed E-state index contributed by atoms with van der Waals surface area (Å²) in [6.45, 7) is 6.94. The highest BCUT2D eigenvalue weighted by Crippen LogP contribution is 2.51. The molecule has 4 unspecified atom stereocenters. The Morgan fingerprint density at radius 3 is 2.17 bits per heavy atom. The molecule has 0 saturated heterocycles. The molecule has 0 bridgehead atoms. The van der Waals surface area contributed by atoms with Crippen LogP contribution in [0.25, 0.3) is 70.8 Å². The third-order valence-corrected chi connectivity index (χ3v) is 13.6. The molecular weight excluding hydrogens is 731 g/mol. The summed E-state index contributed by atoms with van der Waals surface area (Å²) in [5.41, 5.74) is 9.13. The molecule has 0 saturated carbocycles. The largest absolute Gasteiger partial charge is 0.460 e. The lowest BCUT2D eigenvalue weighted by atomic mass is 9.72. The lowest BCUT2D eigenvalue weighted by molar-refractivity contribution is 0.453. The summed E-state index contributed by atoms with van der Waals surface area (Å²) in [6.07, 6.45) is 11.3. The number of rotatable bonds is 5. The molecule has 60 heavy (non-hydrogen) atoms. The molecule has 2 aromatic heterocycles. The zero-order chi connectivity index (χ0) is 40.1. The maximum absolute atomic E-state index is 7.20. The van der Waals surface area contributed by atoms with E-state index in [1.807, 2.05) is 0 Å². The van der Waals surface area contributed by atoms with Crippen molar-refractivity contribution in [2.75, 3.05) is 0 Å². The molecule has 3 aliphatic rings. The summed E-state index contributed by atoms with van der Waals surface area (Å²) < 4.78 is 9.73. The van der Waals surface area contributed by atoms with E-state index in [2.05, 4.69) is 189 Å². The van der Waals surface area contributed by atoms with E-state index < -0.39 is 0 Å². The zero-order valence-corrected chi connectivity index (χ0v) is 34.1. The summed E-state index contributed by atoms with van der Waals surface area (Å²) in [6, 6.07) is 51.0. The average molecular weight is 776 g/mol. The quantitative estimate of drug-likeness (QED) is 0.172. The summed E-state index contributed by atoms with van der Waals surface area (Å²) in [5.74, 6) is 2.39. The van der Waals surface area contributed by atoms with Gasteiger partial charge in [0.25, 0.3) is 0 Å². The van der Waals surface area contributed by atoms with Crippen LogP contribution in [0, 0.1) is 17.8 Å². The molecule has 0 fully saturated rings. The molecule has 4 nitrogen and oxygen atoms in total. The first-order chi connectivity index (χ1) is 29.5. The average Bonchev–Trinajstić information content (AvgIpc) is 3.83. The second-order valence-electron chi connectivity index (χ2n) is 17.2. The molecule has 0 amide bonds. The van der Waals surface area contributed by atoms with Crippen LogP contribution in [0.5, 0.6) is 0 Å². The van der Waals surface area contributed by atoms with Crippen LogP contribution in [-0.4, -0.2) is 16.1 Å². The molecule has 1 aliphatic heterocycles. The van der Waals surface area contributed by atoms with Crippen LogP contribution < -0.4 is 0 Å². The predicted molar refractivity (Wildman–Crippen MR) is 252 cm³/mol. The normalized spacial score (nSPS) is 21.8. The van der Waals surface area contributed by atoms with Gasteiger partial charge in [-0.3, -0.25) is 4.99 Å². The van der Waals surface area contributed by atoms with E-state index in [9.17, 15) is 0 Å². The molecule has 2 aliphatic carbocycles. The van der Waals surface area contributed by atoms with Crippen molar-refractivity contribution in [2.24, 2.45) is 27.7 Å². The Morgan fingerprint density at radius 2 is 1.38 bits per heavy atom. The van der Waals surface area contributed by atoms with Crippen LogP contribution in [0.2, 0.25) is 0 Å². The van der Waals surface area contributed by atoms with Crippen molar-refractivity contribution >= 4 is 82.3 Å². The van der Waals surface area contributed by atoms with Gasteiger partial charge in [-0.15, -0.1) is 0 Å². The van der Waals surface area contributed by atoms with E-state index >= 15 is 0 Å². The molecule has 3 heterocycles. The van der Waals surface area contributed by atoms with Crippen molar-refractivity contribution in [3.05, 3.63) is 186 Å².